The fourth-order valence-electron chi connectivity index (χ4n) is 2.25. The van der Waals surface area contributed by atoms with Crippen LogP contribution in [0.1, 0.15) is 25.0 Å². The minimum absolute atomic E-state index is 0.142. The fourth-order valence-corrected chi connectivity index (χ4v) is 3.09. The van der Waals surface area contributed by atoms with Crippen LogP contribution in [0.4, 0.5) is 0 Å². The van der Waals surface area contributed by atoms with Gasteiger partial charge < -0.3 is 9.30 Å². The van der Waals surface area contributed by atoms with Crippen molar-refractivity contribution in [1.29, 1.82) is 0 Å². The van der Waals surface area contributed by atoms with E-state index in [9.17, 15) is 0 Å². The first-order valence-electron chi connectivity index (χ1n) is 6.61. The molecule has 0 aromatic carbocycles. The Morgan fingerprint density at radius 3 is 2.70 bits per heavy atom. The maximum Gasteiger partial charge on any atom is 0.215 e. The number of hydrogen-bond donors (Lipinski definition) is 0. The molecule has 2 unspecified atom stereocenters. The van der Waals surface area contributed by atoms with Crippen molar-refractivity contribution in [3.05, 3.63) is 18.0 Å². The highest BCUT2D eigenvalue weighted by Crippen LogP contribution is 2.26. The Balaban J connectivity index is 2.48. The first-order chi connectivity index (χ1) is 9.56. The Kier molecular flexibility index (Phi) is 5.16. The molecule has 0 aliphatic heterocycles. The lowest BCUT2D eigenvalue weighted by molar-refractivity contribution is 0.398. The van der Waals surface area contributed by atoms with E-state index in [2.05, 4.69) is 27.7 Å². The van der Waals surface area contributed by atoms with Gasteiger partial charge >= 0.3 is 0 Å². The molecule has 0 saturated heterocycles. The van der Waals surface area contributed by atoms with Crippen molar-refractivity contribution >= 4 is 34.5 Å². The highest BCUT2D eigenvalue weighted by atomic mass is 35.5. The molecular weight excluding hydrogens is 294 g/mol. The zero-order valence-corrected chi connectivity index (χ0v) is 13.8. The lowest BCUT2D eigenvalue weighted by atomic mass is 10.2. The van der Waals surface area contributed by atoms with Gasteiger partial charge in [0, 0.05) is 12.6 Å². The normalized spacial score (nSPS) is 14.4. The van der Waals surface area contributed by atoms with Crippen molar-refractivity contribution in [1.82, 2.24) is 14.5 Å². The van der Waals surface area contributed by atoms with Crippen molar-refractivity contribution in [2.75, 3.05) is 19.1 Å². The molecule has 0 saturated carbocycles. The minimum Gasteiger partial charge on any atom is -0.481 e. The summed E-state index contributed by atoms with van der Waals surface area (Å²) in [6.07, 6.45) is 2.12. The molecule has 0 aliphatic carbocycles. The summed E-state index contributed by atoms with van der Waals surface area (Å²) in [5.41, 5.74) is 1.71. The number of hydrogen-bond acceptors (Lipinski definition) is 4. The molecular formula is C14H20ClN3OS. The van der Waals surface area contributed by atoms with Crippen molar-refractivity contribution in [3.63, 3.8) is 0 Å². The molecule has 2 aromatic rings. The standard InChI is InChI=1S/C14H20ClN3OS/c1-9(8-20-4)7-18-13(10(2)15)16-11-5-6-12(19-3)17-14(11)18/h5-6,9-10H,7-8H2,1-4H3. The van der Waals surface area contributed by atoms with E-state index < -0.39 is 0 Å². The summed E-state index contributed by atoms with van der Waals surface area (Å²) in [5, 5.41) is -0.142. The molecule has 2 rings (SSSR count). The van der Waals surface area contributed by atoms with Gasteiger partial charge in [0.15, 0.2) is 5.65 Å². The number of aromatic nitrogens is 3. The van der Waals surface area contributed by atoms with Gasteiger partial charge in [-0.2, -0.15) is 16.7 Å². The summed E-state index contributed by atoms with van der Waals surface area (Å²) < 4.78 is 7.33. The Labute approximate surface area is 128 Å². The average molecular weight is 314 g/mol. The maximum atomic E-state index is 6.27. The highest BCUT2D eigenvalue weighted by Gasteiger charge is 2.18. The lowest BCUT2D eigenvalue weighted by Gasteiger charge is -2.15. The van der Waals surface area contributed by atoms with Gasteiger partial charge in [0.25, 0.3) is 0 Å². The van der Waals surface area contributed by atoms with E-state index in [1.54, 1.807) is 7.11 Å². The smallest absolute Gasteiger partial charge is 0.215 e. The number of alkyl halides is 1. The van der Waals surface area contributed by atoms with Crippen LogP contribution in [0.5, 0.6) is 5.88 Å². The maximum absolute atomic E-state index is 6.27. The minimum atomic E-state index is -0.142. The van der Waals surface area contributed by atoms with Gasteiger partial charge in [0.1, 0.15) is 11.3 Å². The third-order valence-electron chi connectivity index (χ3n) is 3.11. The predicted molar refractivity (Wildman–Crippen MR) is 85.9 cm³/mol. The molecule has 0 N–H and O–H groups in total. The summed E-state index contributed by atoms with van der Waals surface area (Å²) >= 11 is 8.11. The molecule has 0 fully saturated rings. The molecule has 2 heterocycles. The van der Waals surface area contributed by atoms with Gasteiger partial charge in [-0.05, 0) is 30.9 Å². The van der Waals surface area contributed by atoms with E-state index in [1.165, 1.54) is 0 Å². The highest BCUT2D eigenvalue weighted by molar-refractivity contribution is 7.98. The third-order valence-corrected chi connectivity index (χ3v) is 4.20. The number of imidazole rings is 1. The van der Waals surface area contributed by atoms with E-state index in [0.29, 0.717) is 11.8 Å². The van der Waals surface area contributed by atoms with E-state index in [1.807, 2.05) is 30.8 Å². The van der Waals surface area contributed by atoms with Crippen LogP contribution in [-0.2, 0) is 6.54 Å². The molecule has 6 heteroatoms. The average Bonchev–Trinajstić information content (AvgIpc) is 2.77. The molecule has 0 aliphatic rings. The molecule has 0 bridgehead atoms. The number of thioether (sulfide) groups is 1. The van der Waals surface area contributed by atoms with Crippen LogP contribution in [0.3, 0.4) is 0 Å². The van der Waals surface area contributed by atoms with Gasteiger partial charge in [0.2, 0.25) is 5.88 Å². The number of halogens is 1. The van der Waals surface area contributed by atoms with Crippen LogP contribution in [-0.4, -0.2) is 33.7 Å². The van der Waals surface area contributed by atoms with E-state index in [0.717, 1.165) is 29.3 Å². The van der Waals surface area contributed by atoms with Crippen molar-refractivity contribution in [3.8, 4) is 5.88 Å². The van der Waals surface area contributed by atoms with E-state index >= 15 is 0 Å². The summed E-state index contributed by atoms with van der Waals surface area (Å²) in [6.45, 7) is 5.03. The Morgan fingerprint density at radius 1 is 1.35 bits per heavy atom. The van der Waals surface area contributed by atoms with Crippen molar-refractivity contribution < 1.29 is 4.74 Å². The number of pyridine rings is 1. The van der Waals surface area contributed by atoms with Crippen molar-refractivity contribution in [2.45, 2.75) is 25.8 Å². The molecule has 20 heavy (non-hydrogen) atoms. The topological polar surface area (TPSA) is 39.9 Å². The van der Waals surface area contributed by atoms with Crippen molar-refractivity contribution in [2.24, 2.45) is 5.92 Å². The monoisotopic (exact) mass is 313 g/mol. The van der Waals surface area contributed by atoms with Crippen LogP contribution < -0.4 is 4.74 Å². The van der Waals surface area contributed by atoms with E-state index in [-0.39, 0.29) is 5.38 Å². The summed E-state index contributed by atoms with van der Waals surface area (Å²) in [4.78, 5) is 9.13. The summed E-state index contributed by atoms with van der Waals surface area (Å²) in [5.74, 6) is 3.10. The van der Waals surface area contributed by atoms with Crippen LogP contribution >= 0.6 is 23.4 Å². The van der Waals surface area contributed by atoms with Crippen LogP contribution in [0.2, 0.25) is 0 Å². The van der Waals surface area contributed by atoms with Crippen LogP contribution in [0.25, 0.3) is 11.2 Å². The third kappa shape index (κ3) is 3.20. The number of methoxy groups -OCH3 is 1. The van der Waals surface area contributed by atoms with Crippen LogP contribution in [0, 0.1) is 5.92 Å². The lowest BCUT2D eigenvalue weighted by Crippen LogP contribution is -2.13. The second kappa shape index (κ2) is 6.68. The van der Waals surface area contributed by atoms with Gasteiger partial charge in [-0.1, -0.05) is 6.92 Å². The van der Waals surface area contributed by atoms with Gasteiger partial charge in [-0.3, -0.25) is 0 Å². The largest absolute Gasteiger partial charge is 0.481 e. The number of ether oxygens (including phenoxy) is 1. The Hall–Kier alpha value is -0.940. The number of fused-ring (bicyclic) bond motifs is 1. The first-order valence-corrected chi connectivity index (χ1v) is 8.44. The summed E-state index contributed by atoms with van der Waals surface area (Å²) in [7, 11) is 1.62. The fraction of sp³-hybridized carbons (Fsp3) is 0.571. The second-order valence-corrected chi connectivity index (χ2v) is 6.52. The molecule has 2 atom stereocenters. The van der Waals surface area contributed by atoms with Gasteiger partial charge in [-0.25, -0.2) is 4.98 Å². The quantitative estimate of drug-likeness (QED) is 0.762. The number of nitrogens with zero attached hydrogens (tertiary/aromatic N) is 3. The zero-order chi connectivity index (χ0) is 14.7. The first kappa shape index (κ1) is 15.4. The Bertz CT molecular complexity index is 585. The molecule has 0 spiro atoms. The second-order valence-electron chi connectivity index (χ2n) is 4.95. The Morgan fingerprint density at radius 2 is 2.10 bits per heavy atom. The van der Waals surface area contributed by atoms with E-state index in [4.69, 9.17) is 16.3 Å². The molecule has 110 valence electrons. The van der Waals surface area contributed by atoms with Gasteiger partial charge in [0.05, 0.1) is 12.5 Å². The molecule has 0 radical (unpaired) electrons. The van der Waals surface area contributed by atoms with Crippen LogP contribution in [0.15, 0.2) is 12.1 Å². The van der Waals surface area contributed by atoms with Gasteiger partial charge in [-0.15, -0.1) is 11.6 Å². The number of rotatable bonds is 6. The molecule has 4 nitrogen and oxygen atoms in total. The summed E-state index contributed by atoms with van der Waals surface area (Å²) in [6, 6.07) is 3.76. The molecule has 0 amide bonds. The zero-order valence-electron chi connectivity index (χ0n) is 12.3. The molecule has 2 aromatic heterocycles. The SMILES string of the molecule is COc1ccc2nc(C(C)Cl)n(CC(C)CSC)c2n1. The predicted octanol–water partition coefficient (Wildman–Crippen LogP) is 3.74.